The summed E-state index contributed by atoms with van der Waals surface area (Å²) in [6, 6.07) is 6.20. The summed E-state index contributed by atoms with van der Waals surface area (Å²) in [5.41, 5.74) is -0.796. The highest BCUT2D eigenvalue weighted by molar-refractivity contribution is 7.99. The van der Waals surface area contributed by atoms with Crippen LogP contribution in [0.25, 0.3) is 0 Å². The lowest BCUT2D eigenvalue weighted by atomic mass is 9.98. The summed E-state index contributed by atoms with van der Waals surface area (Å²) >= 11 is 1.51. The van der Waals surface area contributed by atoms with Gasteiger partial charge in [-0.15, -0.1) is 11.8 Å². The van der Waals surface area contributed by atoms with Crippen molar-refractivity contribution in [2.75, 3.05) is 18.8 Å². The molecule has 114 valence electrons. The van der Waals surface area contributed by atoms with E-state index in [1.165, 1.54) is 23.9 Å². The first-order valence-corrected chi connectivity index (χ1v) is 7.87. The predicted octanol–water partition coefficient (Wildman–Crippen LogP) is 2.04. The number of nitrogens with one attached hydrogen (secondary N) is 1. The van der Waals surface area contributed by atoms with Gasteiger partial charge in [0.15, 0.2) is 0 Å². The van der Waals surface area contributed by atoms with Crippen molar-refractivity contribution < 1.29 is 14.0 Å². The third-order valence-electron chi connectivity index (χ3n) is 3.55. The topological polar surface area (TPSA) is 49.4 Å². The van der Waals surface area contributed by atoms with Gasteiger partial charge in [0, 0.05) is 30.2 Å². The van der Waals surface area contributed by atoms with E-state index in [4.69, 9.17) is 0 Å². The Hall–Kier alpha value is -1.56. The van der Waals surface area contributed by atoms with Crippen LogP contribution in [0.5, 0.6) is 0 Å². The first-order valence-electron chi connectivity index (χ1n) is 6.88. The molecule has 2 amide bonds. The molecule has 0 atom stereocenters. The molecular weight excluding hydrogens is 291 g/mol. The third kappa shape index (κ3) is 3.75. The second-order valence-corrected chi connectivity index (χ2v) is 6.58. The number of rotatable bonds is 4. The summed E-state index contributed by atoms with van der Waals surface area (Å²) in [6.45, 7) is 4.55. The maximum atomic E-state index is 12.8. The SMILES string of the molecule is CC1(C)C(=O)NCCN1C(=O)CCSc1ccc(F)cc1. The van der Waals surface area contributed by atoms with Crippen LogP contribution in [0, 0.1) is 5.82 Å². The molecule has 1 N–H and O–H groups in total. The van der Waals surface area contributed by atoms with Crippen LogP contribution in [0.3, 0.4) is 0 Å². The molecule has 1 aromatic rings. The Kier molecular flexibility index (Phi) is 4.88. The smallest absolute Gasteiger partial charge is 0.245 e. The van der Waals surface area contributed by atoms with Gasteiger partial charge in [0.05, 0.1) is 0 Å². The summed E-state index contributed by atoms with van der Waals surface area (Å²) < 4.78 is 12.8. The standard InChI is InChI=1S/C15H19FN2O2S/c1-15(2)14(20)17-8-9-18(15)13(19)7-10-21-12-5-3-11(16)4-6-12/h3-6H,7-10H2,1-2H3,(H,17,20). The van der Waals surface area contributed by atoms with Gasteiger partial charge in [-0.25, -0.2) is 4.39 Å². The van der Waals surface area contributed by atoms with Crippen molar-refractivity contribution in [1.82, 2.24) is 10.2 Å². The van der Waals surface area contributed by atoms with E-state index in [1.54, 1.807) is 30.9 Å². The molecule has 0 aromatic heterocycles. The number of carbonyl (C=O) groups excluding carboxylic acids is 2. The lowest BCUT2D eigenvalue weighted by Crippen LogP contribution is -2.63. The van der Waals surface area contributed by atoms with Gasteiger partial charge in [0.2, 0.25) is 11.8 Å². The third-order valence-corrected chi connectivity index (χ3v) is 4.56. The molecule has 1 fully saturated rings. The van der Waals surface area contributed by atoms with Crippen molar-refractivity contribution in [3.63, 3.8) is 0 Å². The Labute approximate surface area is 128 Å². The number of hydrogen-bond acceptors (Lipinski definition) is 3. The molecule has 0 radical (unpaired) electrons. The van der Waals surface area contributed by atoms with E-state index in [0.29, 0.717) is 25.3 Å². The molecule has 4 nitrogen and oxygen atoms in total. The predicted molar refractivity (Wildman–Crippen MR) is 80.5 cm³/mol. The Morgan fingerprint density at radius 3 is 2.71 bits per heavy atom. The largest absolute Gasteiger partial charge is 0.352 e. The Balaban J connectivity index is 1.87. The van der Waals surface area contributed by atoms with Crippen molar-refractivity contribution in [3.05, 3.63) is 30.1 Å². The lowest BCUT2D eigenvalue weighted by molar-refractivity contribution is -0.148. The van der Waals surface area contributed by atoms with Gasteiger partial charge in [0.25, 0.3) is 0 Å². The molecule has 0 spiro atoms. The van der Waals surface area contributed by atoms with Gasteiger partial charge in [-0.3, -0.25) is 9.59 Å². The molecule has 1 aromatic carbocycles. The highest BCUT2D eigenvalue weighted by Gasteiger charge is 2.39. The minimum absolute atomic E-state index is 0.0236. The fourth-order valence-corrected chi connectivity index (χ4v) is 3.10. The van der Waals surface area contributed by atoms with Crippen molar-refractivity contribution in [3.8, 4) is 0 Å². The van der Waals surface area contributed by atoms with Crippen LogP contribution in [0.15, 0.2) is 29.2 Å². The van der Waals surface area contributed by atoms with E-state index >= 15 is 0 Å². The normalized spacial score (nSPS) is 17.5. The Bertz CT molecular complexity index is 531. The zero-order chi connectivity index (χ0) is 15.5. The zero-order valence-electron chi connectivity index (χ0n) is 12.2. The maximum Gasteiger partial charge on any atom is 0.245 e. The number of halogens is 1. The summed E-state index contributed by atoms with van der Waals surface area (Å²) in [5.74, 6) is 0.202. The molecule has 0 saturated carbocycles. The maximum absolute atomic E-state index is 12.8. The van der Waals surface area contributed by atoms with Gasteiger partial charge in [-0.2, -0.15) is 0 Å². The fraction of sp³-hybridized carbons (Fsp3) is 0.467. The van der Waals surface area contributed by atoms with Crippen LogP contribution in [0.4, 0.5) is 4.39 Å². The van der Waals surface area contributed by atoms with Crippen LogP contribution in [0.1, 0.15) is 20.3 Å². The molecule has 1 aliphatic rings. The molecule has 0 aliphatic carbocycles. The Morgan fingerprint density at radius 2 is 2.05 bits per heavy atom. The average Bonchev–Trinajstić information content (AvgIpc) is 2.44. The van der Waals surface area contributed by atoms with E-state index in [0.717, 1.165) is 4.90 Å². The van der Waals surface area contributed by atoms with E-state index in [1.807, 2.05) is 0 Å². The Morgan fingerprint density at radius 1 is 1.38 bits per heavy atom. The number of hydrogen-bond donors (Lipinski definition) is 1. The number of carbonyl (C=O) groups is 2. The molecule has 1 heterocycles. The number of amides is 2. The highest BCUT2D eigenvalue weighted by Crippen LogP contribution is 2.22. The lowest BCUT2D eigenvalue weighted by Gasteiger charge is -2.41. The van der Waals surface area contributed by atoms with Gasteiger partial charge in [-0.05, 0) is 38.1 Å². The van der Waals surface area contributed by atoms with Crippen molar-refractivity contribution in [1.29, 1.82) is 0 Å². The first kappa shape index (κ1) is 15.8. The van der Waals surface area contributed by atoms with E-state index < -0.39 is 5.54 Å². The number of piperazine rings is 1. The molecule has 1 aliphatic heterocycles. The minimum Gasteiger partial charge on any atom is -0.352 e. The highest BCUT2D eigenvalue weighted by atomic mass is 32.2. The monoisotopic (exact) mass is 310 g/mol. The molecule has 1 saturated heterocycles. The van der Waals surface area contributed by atoms with Crippen LogP contribution in [-0.2, 0) is 9.59 Å². The van der Waals surface area contributed by atoms with Gasteiger partial charge >= 0.3 is 0 Å². The van der Waals surface area contributed by atoms with Crippen LogP contribution >= 0.6 is 11.8 Å². The first-order chi connectivity index (χ1) is 9.91. The van der Waals surface area contributed by atoms with Gasteiger partial charge < -0.3 is 10.2 Å². The van der Waals surface area contributed by atoms with E-state index in [9.17, 15) is 14.0 Å². The number of nitrogens with zero attached hydrogens (tertiary/aromatic N) is 1. The van der Waals surface area contributed by atoms with Crippen LogP contribution in [-0.4, -0.2) is 41.1 Å². The van der Waals surface area contributed by atoms with E-state index in [2.05, 4.69) is 5.32 Å². The summed E-state index contributed by atoms with van der Waals surface area (Å²) in [6.07, 6.45) is 0.360. The molecule has 0 bridgehead atoms. The van der Waals surface area contributed by atoms with Gasteiger partial charge in [-0.1, -0.05) is 0 Å². The average molecular weight is 310 g/mol. The number of benzene rings is 1. The van der Waals surface area contributed by atoms with Crippen molar-refractivity contribution >= 4 is 23.6 Å². The molecule has 21 heavy (non-hydrogen) atoms. The van der Waals surface area contributed by atoms with Crippen molar-refractivity contribution in [2.45, 2.75) is 30.7 Å². The molecule has 6 heteroatoms. The van der Waals surface area contributed by atoms with Gasteiger partial charge in [0.1, 0.15) is 11.4 Å². The summed E-state index contributed by atoms with van der Waals surface area (Å²) in [4.78, 5) is 26.7. The molecule has 2 rings (SSSR count). The zero-order valence-corrected chi connectivity index (χ0v) is 13.0. The van der Waals surface area contributed by atoms with Crippen LogP contribution < -0.4 is 5.32 Å². The summed E-state index contributed by atoms with van der Waals surface area (Å²) in [5, 5.41) is 2.77. The van der Waals surface area contributed by atoms with E-state index in [-0.39, 0.29) is 17.6 Å². The second kappa shape index (κ2) is 6.47. The van der Waals surface area contributed by atoms with Crippen molar-refractivity contribution in [2.24, 2.45) is 0 Å². The second-order valence-electron chi connectivity index (χ2n) is 5.41. The van der Waals surface area contributed by atoms with Crippen LogP contribution in [0.2, 0.25) is 0 Å². The summed E-state index contributed by atoms with van der Waals surface area (Å²) in [7, 11) is 0. The molecular formula is C15H19FN2O2S. The quantitative estimate of drug-likeness (QED) is 0.866. The molecule has 0 unspecified atom stereocenters. The minimum atomic E-state index is -0.796. The number of thioether (sulfide) groups is 1. The fourth-order valence-electron chi connectivity index (χ4n) is 2.26.